The van der Waals surface area contributed by atoms with Crippen LogP contribution in [0.4, 0.5) is 0 Å². The second kappa shape index (κ2) is 5.53. The molecule has 1 nitrogen and oxygen atoms in total. The summed E-state index contributed by atoms with van der Waals surface area (Å²) in [5.41, 5.74) is 4.76. The monoisotopic (exact) mass is 328 g/mol. The van der Waals surface area contributed by atoms with Crippen LogP contribution in [0.2, 0.25) is 0 Å². The van der Waals surface area contributed by atoms with Gasteiger partial charge in [0.1, 0.15) is 0 Å². The maximum absolute atomic E-state index is 12.4. The van der Waals surface area contributed by atoms with Crippen LogP contribution >= 0.6 is 15.9 Å². The van der Waals surface area contributed by atoms with Gasteiger partial charge in [-0.25, -0.2) is 0 Å². The third-order valence-electron chi connectivity index (χ3n) is 4.16. The number of fused-ring (bicyclic) bond motifs is 1. The van der Waals surface area contributed by atoms with Crippen molar-refractivity contribution in [3.63, 3.8) is 0 Å². The van der Waals surface area contributed by atoms with E-state index >= 15 is 0 Å². The summed E-state index contributed by atoms with van der Waals surface area (Å²) in [5.74, 6) is 0.475. The molecule has 0 aliphatic heterocycles. The lowest BCUT2D eigenvalue weighted by Gasteiger charge is -2.09. The van der Waals surface area contributed by atoms with Crippen LogP contribution in [0, 0.1) is 5.92 Å². The zero-order valence-electron chi connectivity index (χ0n) is 11.5. The molecular formula is C18H17BrO. The molecule has 1 aliphatic carbocycles. The first-order valence-electron chi connectivity index (χ1n) is 7.09. The van der Waals surface area contributed by atoms with Gasteiger partial charge in [-0.3, -0.25) is 4.79 Å². The zero-order valence-corrected chi connectivity index (χ0v) is 13.1. The van der Waals surface area contributed by atoms with Crippen LogP contribution in [0.3, 0.4) is 0 Å². The fraction of sp³-hybridized carbons (Fsp3) is 0.278. The maximum atomic E-state index is 12.4. The Morgan fingerprint density at radius 3 is 2.60 bits per heavy atom. The molecule has 1 unspecified atom stereocenters. The first-order chi connectivity index (χ1) is 9.70. The Balaban J connectivity index is 2.01. The summed E-state index contributed by atoms with van der Waals surface area (Å²) in [6.07, 6.45) is 2.72. The molecule has 0 saturated heterocycles. The molecule has 0 fully saturated rings. The number of rotatable bonds is 3. The lowest BCUT2D eigenvalue weighted by Crippen LogP contribution is -2.07. The fourth-order valence-electron chi connectivity index (χ4n) is 3.02. The van der Waals surface area contributed by atoms with Crippen molar-refractivity contribution in [2.24, 2.45) is 5.92 Å². The summed E-state index contributed by atoms with van der Waals surface area (Å²) in [7, 11) is 0. The van der Waals surface area contributed by atoms with Crippen molar-refractivity contribution in [2.75, 3.05) is 0 Å². The summed E-state index contributed by atoms with van der Waals surface area (Å²) in [4.78, 5) is 12.4. The molecule has 3 rings (SSSR count). The summed E-state index contributed by atoms with van der Waals surface area (Å²) in [6.45, 7) is 2.10. The fourth-order valence-corrected chi connectivity index (χ4v) is 3.58. The van der Waals surface area contributed by atoms with Crippen molar-refractivity contribution in [1.29, 1.82) is 0 Å². The molecule has 0 amide bonds. The van der Waals surface area contributed by atoms with Gasteiger partial charge in [0.15, 0.2) is 5.78 Å². The third kappa shape index (κ3) is 2.33. The molecule has 0 spiro atoms. The quantitative estimate of drug-likeness (QED) is 0.790. The van der Waals surface area contributed by atoms with E-state index in [1.54, 1.807) is 0 Å². The van der Waals surface area contributed by atoms with Gasteiger partial charge in [-0.05, 0) is 42.0 Å². The van der Waals surface area contributed by atoms with Gasteiger partial charge in [0, 0.05) is 16.0 Å². The van der Waals surface area contributed by atoms with Gasteiger partial charge in [0.2, 0.25) is 0 Å². The topological polar surface area (TPSA) is 17.1 Å². The molecule has 0 N–H and O–H groups in total. The van der Waals surface area contributed by atoms with Crippen molar-refractivity contribution < 1.29 is 4.79 Å². The Bertz CT molecular complexity index is 646. The second-order valence-electron chi connectivity index (χ2n) is 5.40. The number of carbonyl (C=O) groups is 1. The number of ketones is 1. The Labute approximate surface area is 128 Å². The Hall–Kier alpha value is -1.41. The largest absolute Gasteiger partial charge is 0.294 e. The lowest BCUT2D eigenvalue weighted by atomic mass is 9.96. The van der Waals surface area contributed by atoms with Gasteiger partial charge < -0.3 is 0 Å². The normalized spacial score (nSPS) is 17.3. The van der Waals surface area contributed by atoms with Crippen molar-refractivity contribution in [1.82, 2.24) is 0 Å². The van der Waals surface area contributed by atoms with Gasteiger partial charge in [-0.1, -0.05) is 59.3 Å². The molecule has 1 aliphatic rings. The van der Waals surface area contributed by atoms with Gasteiger partial charge >= 0.3 is 0 Å². The minimum Gasteiger partial charge on any atom is -0.294 e. The van der Waals surface area contributed by atoms with E-state index < -0.39 is 0 Å². The van der Waals surface area contributed by atoms with E-state index in [0.717, 1.165) is 29.3 Å². The van der Waals surface area contributed by atoms with Crippen molar-refractivity contribution in [3.05, 3.63) is 69.2 Å². The van der Waals surface area contributed by atoms with Crippen LogP contribution in [-0.2, 0) is 12.8 Å². The molecule has 2 aromatic rings. The molecule has 1 atom stereocenters. The zero-order chi connectivity index (χ0) is 14.1. The van der Waals surface area contributed by atoms with Crippen LogP contribution in [0.5, 0.6) is 0 Å². The Morgan fingerprint density at radius 2 is 1.90 bits per heavy atom. The smallest absolute Gasteiger partial charge is 0.167 e. The summed E-state index contributed by atoms with van der Waals surface area (Å²) in [6, 6.07) is 14.6. The molecule has 2 aromatic carbocycles. The number of hydrogen-bond acceptors (Lipinski definition) is 1. The van der Waals surface area contributed by atoms with E-state index in [4.69, 9.17) is 0 Å². The van der Waals surface area contributed by atoms with Crippen LogP contribution in [0.1, 0.15) is 40.4 Å². The van der Waals surface area contributed by atoms with E-state index in [1.807, 2.05) is 12.1 Å². The van der Waals surface area contributed by atoms with Gasteiger partial charge in [0.05, 0.1) is 0 Å². The van der Waals surface area contributed by atoms with E-state index in [-0.39, 0.29) is 5.92 Å². The number of Topliss-reactive ketones (excluding diaryl/α,β-unsaturated/α-hetero) is 1. The first kappa shape index (κ1) is 13.6. The van der Waals surface area contributed by atoms with Crippen LogP contribution in [0.25, 0.3) is 0 Å². The molecule has 2 heteroatoms. The molecular weight excluding hydrogens is 312 g/mol. The first-order valence-corrected chi connectivity index (χ1v) is 7.88. The average molecular weight is 329 g/mol. The van der Waals surface area contributed by atoms with E-state index in [9.17, 15) is 4.79 Å². The molecule has 0 bridgehead atoms. The van der Waals surface area contributed by atoms with Crippen molar-refractivity contribution >= 4 is 21.7 Å². The third-order valence-corrected chi connectivity index (χ3v) is 4.82. The highest BCUT2D eigenvalue weighted by atomic mass is 79.9. The SMILES string of the molecule is CCC1Cc2c(Cc3ccccc3)ccc(Br)c2C1=O. The lowest BCUT2D eigenvalue weighted by molar-refractivity contribution is 0.0933. The highest BCUT2D eigenvalue weighted by Crippen LogP contribution is 2.36. The van der Waals surface area contributed by atoms with Gasteiger partial charge in [0.25, 0.3) is 0 Å². The van der Waals surface area contributed by atoms with E-state index in [1.165, 1.54) is 16.7 Å². The molecule has 0 saturated carbocycles. The number of halogens is 1. The van der Waals surface area contributed by atoms with Crippen molar-refractivity contribution in [2.45, 2.75) is 26.2 Å². The van der Waals surface area contributed by atoms with Gasteiger partial charge in [-0.2, -0.15) is 0 Å². The predicted octanol–water partition coefficient (Wildman–Crippen LogP) is 4.80. The number of benzene rings is 2. The van der Waals surface area contributed by atoms with Crippen molar-refractivity contribution in [3.8, 4) is 0 Å². The highest BCUT2D eigenvalue weighted by Gasteiger charge is 2.32. The number of carbonyl (C=O) groups excluding carboxylic acids is 1. The summed E-state index contributed by atoms with van der Waals surface area (Å²) in [5, 5.41) is 0. The molecule has 0 heterocycles. The van der Waals surface area contributed by atoms with Crippen LogP contribution in [-0.4, -0.2) is 5.78 Å². The minimum atomic E-state index is 0.165. The molecule has 0 aromatic heterocycles. The predicted molar refractivity (Wildman–Crippen MR) is 85.2 cm³/mol. The second-order valence-corrected chi connectivity index (χ2v) is 6.25. The molecule has 102 valence electrons. The standard InChI is InChI=1S/C18H17BrO/c1-2-13-11-15-14(10-12-6-4-3-5-7-12)8-9-16(19)17(15)18(13)20/h3-9,13H,2,10-11H2,1H3. The average Bonchev–Trinajstić information content (AvgIpc) is 2.81. The van der Waals surface area contributed by atoms with E-state index in [2.05, 4.69) is 53.2 Å². The Morgan fingerprint density at radius 1 is 1.15 bits per heavy atom. The molecule has 0 radical (unpaired) electrons. The van der Waals surface area contributed by atoms with Gasteiger partial charge in [-0.15, -0.1) is 0 Å². The summed E-state index contributed by atoms with van der Waals surface area (Å²) >= 11 is 3.54. The van der Waals surface area contributed by atoms with Crippen LogP contribution < -0.4 is 0 Å². The minimum absolute atomic E-state index is 0.165. The Kier molecular flexibility index (Phi) is 3.75. The van der Waals surface area contributed by atoms with Crippen LogP contribution in [0.15, 0.2) is 46.9 Å². The molecule has 20 heavy (non-hydrogen) atoms. The highest BCUT2D eigenvalue weighted by molar-refractivity contribution is 9.10. The number of hydrogen-bond donors (Lipinski definition) is 0. The summed E-state index contributed by atoms with van der Waals surface area (Å²) < 4.78 is 0.949. The maximum Gasteiger partial charge on any atom is 0.167 e. The van der Waals surface area contributed by atoms with E-state index in [0.29, 0.717) is 5.78 Å².